The third-order valence-corrected chi connectivity index (χ3v) is 12.3. The summed E-state index contributed by atoms with van der Waals surface area (Å²) in [5.74, 6) is 0. The minimum absolute atomic E-state index is 0.561. The van der Waals surface area contributed by atoms with Gasteiger partial charge in [-0.2, -0.15) is 0 Å². The van der Waals surface area contributed by atoms with Gasteiger partial charge in [0.15, 0.2) is 0 Å². The normalized spacial score (nSPS) is 17.2. The van der Waals surface area contributed by atoms with E-state index in [1.54, 1.807) is 10.8 Å². The predicted molar refractivity (Wildman–Crippen MR) is 96.8 cm³/mol. The van der Waals surface area contributed by atoms with Crippen LogP contribution in [0.15, 0.2) is 10.8 Å². The zero-order valence-electron chi connectivity index (χ0n) is 14.7. The maximum absolute atomic E-state index is 4.02. The Morgan fingerprint density at radius 1 is 1.05 bits per heavy atom. The Morgan fingerprint density at radius 3 is 1.84 bits per heavy atom. The van der Waals surface area contributed by atoms with Crippen molar-refractivity contribution in [1.82, 2.24) is 5.32 Å². The Balaban J connectivity index is 5.06. The summed E-state index contributed by atoms with van der Waals surface area (Å²) in [6.45, 7) is 16.6. The second-order valence-electron chi connectivity index (χ2n) is 6.34. The van der Waals surface area contributed by atoms with Crippen molar-refractivity contribution in [3.05, 3.63) is 10.8 Å². The van der Waals surface area contributed by atoms with Crippen molar-refractivity contribution in [3.8, 4) is 0 Å². The monoisotopic (exact) mass is 299 g/mol. The van der Waals surface area contributed by atoms with E-state index >= 15 is 0 Å². The largest absolute Gasteiger partial charge is 0.310 e. The minimum Gasteiger partial charge on any atom is -0.310 e. The van der Waals surface area contributed by atoms with Crippen LogP contribution in [0.5, 0.6) is 0 Å². The topological polar surface area (TPSA) is 12.0 Å². The molecule has 0 saturated carbocycles. The highest BCUT2D eigenvalue weighted by Gasteiger charge is 2.36. The van der Waals surface area contributed by atoms with Gasteiger partial charge in [0.1, 0.15) is 0 Å². The van der Waals surface area contributed by atoms with Gasteiger partial charge in [0, 0.05) is 21.9 Å². The molecule has 0 aromatic carbocycles. The average Bonchev–Trinajstić information content (AvgIpc) is 2.40. The summed E-state index contributed by atoms with van der Waals surface area (Å²) in [4.78, 5) is 0. The molecule has 0 radical (unpaired) electrons. The van der Waals surface area contributed by atoms with Crippen LogP contribution in [0.25, 0.3) is 0 Å². The van der Waals surface area contributed by atoms with Crippen LogP contribution in [0.1, 0.15) is 61.3 Å². The first-order valence-corrected chi connectivity index (χ1v) is 12.0. The van der Waals surface area contributed by atoms with Crippen molar-refractivity contribution >= 4 is 18.3 Å². The lowest BCUT2D eigenvalue weighted by atomic mass is 10.1. The Bertz CT molecular complexity index is 270. The summed E-state index contributed by atoms with van der Waals surface area (Å²) in [6.07, 6.45) is 2.67. The number of allylic oxidation sites excluding steroid dienone is 1. The SMILES string of the molecule is CCCC(NC(C)C(C)=C(C)[SiH3])[Si](CC)(CC)CC. The molecule has 0 heterocycles. The van der Waals surface area contributed by atoms with E-state index in [4.69, 9.17) is 0 Å². The first-order valence-electron chi connectivity index (χ1n) is 8.28. The third-order valence-electron chi connectivity index (χ3n) is 5.32. The summed E-state index contributed by atoms with van der Waals surface area (Å²) in [7, 11) is 0.0630. The fourth-order valence-electron chi connectivity index (χ4n) is 3.20. The summed E-state index contributed by atoms with van der Waals surface area (Å²) < 4.78 is 0. The third kappa shape index (κ3) is 5.20. The number of hydrogen-bond acceptors (Lipinski definition) is 1. The quantitative estimate of drug-likeness (QED) is 0.638. The molecule has 0 aliphatic carbocycles. The Kier molecular flexibility index (Phi) is 9.20. The average molecular weight is 300 g/mol. The van der Waals surface area contributed by atoms with Gasteiger partial charge in [0.2, 0.25) is 0 Å². The van der Waals surface area contributed by atoms with Gasteiger partial charge >= 0.3 is 0 Å². The lowest BCUT2D eigenvalue weighted by Crippen LogP contribution is -2.56. The van der Waals surface area contributed by atoms with E-state index in [2.05, 4.69) is 53.8 Å². The summed E-state index contributed by atoms with van der Waals surface area (Å²) >= 11 is 0. The maximum Gasteiger partial charge on any atom is 0.0718 e. The smallest absolute Gasteiger partial charge is 0.0718 e. The van der Waals surface area contributed by atoms with Crippen molar-refractivity contribution < 1.29 is 0 Å². The van der Waals surface area contributed by atoms with Crippen molar-refractivity contribution in [2.45, 2.75) is 91.1 Å². The molecule has 1 N–H and O–H groups in total. The molecule has 2 unspecified atom stereocenters. The molecule has 0 rings (SSSR count). The number of nitrogens with one attached hydrogen (secondary N) is 1. The Hall–Kier alpha value is 0.134. The van der Waals surface area contributed by atoms with Crippen LogP contribution in [0.3, 0.4) is 0 Å². The zero-order chi connectivity index (χ0) is 15.1. The van der Waals surface area contributed by atoms with Gasteiger partial charge in [-0.15, -0.1) is 0 Å². The van der Waals surface area contributed by atoms with Gasteiger partial charge in [0.25, 0.3) is 0 Å². The molecule has 0 saturated heterocycles. The van der Waals surface area contributed by atoms with Crippen molar-refractivity contribution in [3.63, 3.8) is 0 Å². The van der Waals surface area contributed by atoms with Gasteiger partial charge in [-0.1, -0.05) is 63.0 Å². The second-order valence-corrected chi connectivity index (χ2v) is 13.4. The fraction of sp³-hybridized carbons (Fsp3) is 0.875. The van der Waals surface area contributed by atoms with Crippen molar-refractivity contribution in [1.29, 1.82) is 0 Å². The molecule has 0 bridgehead atoms. The maximum atomic E-state index is 4.02. The first-order chi connectivity index (χ1) is 8.88. The first kappa shape index (κ1) is 19.1. The molecule has 0 amide bonds. The lowest BCUT2D eigenvalue weighted by Gasteiger charge is -2.40. The molecule has 3 heteroatoms. The molecule has 0 aromatic rings. The van der Waals surface area contributed by atoms with E-state index in [0.717, 1.165) is 5.67 Å². The molecular formula is C16H37NSi2. The molecule has 2 atom stereocenters. The van der Waals surface area contributed by atoms with Crippen molar-refractivity contribution in [2.24, 2.45) is 0 Å². The molecule has 0 aromatic heterocycles. The summed E-state index contributed by atoms with van der Waals surface area (Å²) in [6, 6.07) is 4.83. The molecule has 0 spiro atoms. The fourth-order valence-corrected chi connectivity index (χ4v) is 8.12. The van der Waals surface area contributed by atoms with E-state index in [9.17, 15) is 0 Å². The van der Waals surface area contributed by atoms with Gasteiger partial charge < -0.3 is 5.32 Å². The lowest BCUT2D eigenvalue weighted by molar-refractivity contribution is 0.520. The Labute approximate surface area is 126 Å². The van der Waals surface area contributed by atoms with E-state index in [1.165, 1.54) is 41.2 Å². The standard InChI is InChI=1S/C16H37NSi2/c1-8-12-16(19(9-2,10-3)11-4)17-14(6)13(5)15(7)18/h14,16-17H,8-12H2,1-7,18H3. The molecule has 0 aliphatic heterocycles. The number of rotatable bonds is 9. The minimum atomic E-state index is -1.13. The van der Waals surface area contributed by atoms with Crippen LogP contribution in [0.2, 0.25) is 18.1 Å². The highest BCUT2D eigenvalue weighted by atomic mass is 28.3. The molecule has 0 fully saturated rings. The molecule has 1 nitrogen and oxygen atoms in total. The van der Waals surface area contributed by atoms with Gasteiger partial charge in [0.05, 0.1) is 8.07 Å². The molecule has 0 aliphatic rings. The summed E-state index contributed by atoms with van der Waals surface area (Å²) in [5, 5.41) is 5.62. The Morgan fingerprint density at radius 2 is 1.53 bits per heavy atom. The highest BCUT2D eigenvalue weighted by molar-refractivity contribution is 6.81. The molecule has 19 heavy (non-hydrogen) atoms. The van der Waals surface area contributed by atoms with Crippen LogP contribution in [-0.2, 0) is 0 Å². The molecular weight excluding hydrogens is 262 g/mol. The highest BCUT2D eigenvalue weighted by Crippen LogP contribution is 2.27. The van der Waals surface area contributed by atoms with E-state index in [0.29, 0.717) is 6.04 Å². The van der Waals surface area contributed by atoms with E-state index in [1.807, 2.05) is 0 Å². The van der Waals surface area contributed by atoms with Gasteiger partial charge in [-0.25, -0.2) is 0 Å². The van der Waals surface area contributed by atoms with Crippen LogP contribution >= 0.6 is 0 Å². The second kappa shape index (κ2) is 9.14. The van der Waals surface area contributed by atoms with Crippen LogP contribution in [0, 0.1) is 0 Å². The van der Waals surface area contributed by atoms with Crippen LogP contribution in [0.4, 0.5) is 0 Å². The summed E-state index contributed by atoms with van der Waals surface area (Å²) in [5.41, 5.74) is 2.38. The van der Waals surface area contributed by atoms with Crippen molar-refractivity contribution in [2.75, 3.05) is 0 Å². The predicted octanol–water partition coefficient (Wildman–Crippen LogP) is 3.84. The molecule has 114 valence electrons. The van der Waals surface area contributed by atoms with E-state index in [-0.39, 0.29) is 0 Å². The van der Waals surface area contributed by atoms with Gasteiger partial charge in [-0.3, -0.25) is 0 Å². The van der Waals surface area contributed by atoms with Gasteiger partial charge in [-0.05, 0) is 27.2 Å². The number of hydrogen-bond donors (Lipinski definition) is 1. The van der Waals surface area contributed by atoms with Crippen LogP contribution < -0.4 is 5.32 Å². The zero-order valence-corrected chi connectivity index (χ0v) is 17.7. The van der Waals surface area contributed by atoms with Crippen LogP contribution in [-0.4, -0.2) is 30.0 Å². The van der Waals surface area contributed by atoms with E-state index < -0.39 is 8.07 Å².